The normalized spacial score (nSPS) is 21.0. The first-order chi connectivity index (χ1) is 10.0. The number of ether oxygens (including phenoxy) is 2. The van der Waals surface area contributed by atoms with Crippen molar-refractivity contribution in [1.82, 2.24) is 5.32 Å². The molecule has 0 saturated heterocycles. The van der Waals surface area contributed by atoms with Gasteiger partial charge in [-0.15, -0.1) is 0 Å². The number of benzene rings is 1. The van der Waals surface area contributed by atoms with Crippen LogP contribution in [0.3, 0.4) is 0 Å². The zero-order chi connectivity index (χ0) is 15.5. The molecular formula is C14H19NO6. The predicted molar refractivity (Wildman–Crippen MR) is 73.1 cm³/mol. The maximum Gasteiger partial charge on any atom is 0.265 e. The number of aliphatic hydroxyl groups excluding tert-OH is 3. The van der Waals surface area contributed by atoms with Gasteiger partial charge in [0.25, 0.3) is 5.91 Å². The van der Waals surface area contributed by atoms with Crippen LogP contribution in [0, 0.1) is 0 Å². The summed E-state index contributed by atoms with van der Waals surface area (Å²) in [4.78, 5) is 12.3. The van der Waals surface area contributed by atoms with Crippen molar-refractivity contribution in [2.24, 2.45) is 0 Å². The lowest BCUT2D eigenvalue weighted by atomic mass is 10.0. The predicted octanol–water partition coefficient (Wildman–Crippen LogP) is -0.953. The van der Waals surface area contributed by atoms with Crippen molar-refractivity contribution in [1.29, 1.82) is 0 Å². The van der Waals surface area contributed by atoms with Crippen molar-refractivity contribution in [3.63, 3.8) is 0 Å². The Hall–Kier alpha value is -1.83. The summed E-state index contributed by atoms with van der Waals surface area (Å²) in [5, 5.41) is 30.1. The van der Waals surface area contributed by atoms with Gasteiger partial charge in [-0.05, 0) is 19.1 Å². The minimum atomic E-state index is -1.49. The molecule has 0 spiro atoms. The highest BCUT2D eigenvalue weighted by Crippen LogP contribution is 2.33. The van der Waals surface area contributed by atoms with Crippen molar-refractivity contribution in [3.8, 4) is 11.5 Å². The Morgan fingerprint density at radius 3 is 2.19 bits per heavy atom. The molecule has 0 bridgehead atoms. The molecule has 7 heteroatoms. The summed E-state index contributed by atoms with van der Waals surface area (Å²) < 4.78 is 11.2. The number of rotatable bonds is 5. The fourth-order valence-corrected chi connectivity index (χ4v) is 2.01. The van der Waals surface area contributed by atoms with Gasteiger partial charge in [0.15, 0.2) is 11.5 Å². The van der Waals surface area contributed by atoms with Crippen molar-refractivity contribution < 1.29 is 29.6 Å². The Bertz CT molecular complexity index is 494. The molecule has 21 heavy (non-hydrogen) atoms. The van der Waals surface area contributed by atoms with Crippen LogP contribution in [0.25, 0.3) is 0 Å². The largest absolute Gasteiger partial charge is 0.482 e. The number of para-hydroxylation sites is 2. The number of nitrogens with one attached hydrogen (secondary N) is 1. The fourth-order valence-electron chi connectivity index (χ4n) is 2.01. The van der Waals surface area contributed by atoms with Crippen LogP contribution in [-0.4, -0.2) is 58.8 Å². The highest BCUT2D eigenvalue weighted by atomic mass is 16.6. The second kappa shape index (κ2) is 6.30. The second-order valence-electron chi connectivity index (χ2n) is 5.05. The molecule has 1 aromatic carbocycles. The highest BCUT2D eigenvalue weighted by Gasteiger charge is 2.38. The van der Waals surface area contributed by atoms with Gasteiger partial charge in [0.1, 0.15) is 11.6 Å². The van der Waals surface area contributed by atoms with E-state index in [4.69, 9.17) is 9.47 Å². The summed E-state index contributed by atoms with van der Waals surface area (Å²) in [6, 6.07) is 6.97. The van der Waals surface area contributed by atoms with Crippen LogP contribution in [0.2, 0.25) is 0 Å². The molecule has 7 nitrogen and oxygen atoms in total. The molecular weight excluding hydrogens is 278 g/mol. The van der Waals surface area contributed by atoms with Gasteiger partial charge >= 0.3 is 0 Å². The second-order valence-corrected chi connectivity index (χ2v) is 5.05. The van der Waals surface area contributed by atoms with Gasteiger partial charge in [-0.25, -0.2) is 0 Å². The van der Waals surface area contributed by atoms with E-state index in [1.807, 2.05) is 0 Å². The summed E-state index contributed by atoms with van der Waals surface area (Å²) in [5.41, 5.74) is -1.49. The van der Waals surface area contributed by atoms with Gasteiger partial charge in [-0.1, -0.05) is 12.1 Å². The topological polar surface area (TPSA) is 108 Å². The number of amides is 1. The van der Waals surface area contributed by atoms with Crippen LogP contribution < -0.4 is 14.8 Å². The first-order valence-corrected chi connectivity index (χ1v) is 6.62. The van der Waals surface area contributed by atoms with Crippen LogP contribution >= 0.6 is 0 Å². The highest BCUT2D eigenvalue weighted by molar-refractivity contribution is 5.83. The van der Waals surface area contributed by atoms with E-state index in [1.54, 1.807) is 31.2 Å². The fraction of sp³-hybridized carbons (Fsp3) is 0.500. The Labute approximate surface area is 122 Å². The van der Waals surface area contributed by atoms with Crippen molar-refractivity contribution in [2.75, 3.05) is 19.8 Å². The molecule has 0 aromatic heterocycles. The maximum absolute atomic E-state index is 12.3. The quantitative estimate of drug-likeness (QED) is 0.558. The third-order valence-electron chi connectivity index (χ3n) is 3.40. The molecule has 1 aromatic rings. The number of carbonyl (C=O) groups is 1. The lowest BCUT2D eigenvalue weighted by Crippen LogP contribution is -2.61. The summed E-state index contributed by atoms with van der Waals surface area (Å²) in [6.45, 7) is -0.0996. The van der Waals surface area contributed by atoms with Crippen LogP contribution in [0.1, 0.15) is 6.92 Å². The molecule has 1 heterocycles. The monoisotopic (exact) mass is 297 g/mol. The third-order valence-corrected chi connectivity index (χ3v) is 3.40. The van der Waals surface area contributed by atoms with Crippen molar-refractivity contribution >= 4 is 5.91 Å². The smallest absolute Gasteiger partial charge is 0.265 e. The molecule has 0 saturated carbocycles. The van der Waals surface area contributed by atoms with Crippen molar-refractivity contribution in [3.05, 3.63) is 24.3 Å². The SMILES string of the molecule is CC1Oc2ccccc2OC1C(=O)NC(CO)(CO)CO. The lowest BCUT2D eigenvalue weighted by molar-refractivity contribution is -0.137. The molecule has 4 N–H and O–H groups in total. The van der Waals surface area contributed by atoms with Crippen molar-refractivity contribution in [2.45, 2.75) is 24.7 Å². The first-order valence-electron chi connectivity index (χ1n) is 6.62. The van der Waals surface area contributed by atoms with Crippen LogP contribution in [-0.2, 0) is 4.79 Å². The van der Waals surface area contributed by atoms with Crippen LogP contribution in [0.15, 0.2) is 24.3 Å². The van der Waals surface area contributed by atoms with Gasteiger partial charge in [-0.3, -0.25) is 4.79 Å². The Kier molecular flexibility index (Phi) is 4.66. The Morgan fingerprint density at radius 1 is 1.14 bits per heavy atom. The number of aliphatic hydroxyl groups is 3. The van der Waals surface area contributed by atoms with Gasteiger partial charge in [0.05, 0.1) is 19.8 Å². The molecule has 1 aliphatic rings. The summed E-state index contributed by atoms with van der Waals surface area (Å²) >= 11 is 0. The minimum absolute atomic E-state index is 0.443. The minimum Gasteiger partial charge on any atom is -0.482 e. The Balaban J connectivity index is 2.13. The standard InChI is InChI=1S/C14H19NO6/c1-9-12(13(19)15-14(6-16,7-17)8-18)21-11-5-3-2-4-10(11)20-9/h2-5,9,12,16-18H,6-8H2,1H3,(H,15,19). The molecule has 0 fully saturated rings. The van der Waals surface area contributed by atoms with Gasteiger partial charge < -0.3 is 30.1 Å². The summed E-state index contributed by atoms with van der Waals surface area (Å²) in [7, 11) is 0. The van der Waals surface area contributed by atoms with E-state index >= 15 is 0 Å². The van der Waals surface area contributed by atoms with E-state index in [0.29, 0.717) is 11.5 Å². The lowest BCUT2D eigenvalue weighted by Gasteiger charge is -2.35. The van der Waals surface area contributed by atoms with Gasteiger partial charge in [0, 0.05) is 0 Å². The molecule has 2 atom stereocenters. The number of fused-ring (bicyclic) bond motifs is 1. The molecule has 116 valence electrons. The average Bonchev–Trinajstić information content (AvgIpc) is 2.52. The molecule has 0 radical (unpaired) electrons. The van der Waals surface area contributed by atoms with Gasteiger partial charge in [0.2, 0.25) is 6.10 Å². The summed E-state index contributed by atoms with van der Waals surface area (Å²) in [6.07, 6.45) is -1.49. The number of carbonyl (C=O) groups excluding carboxylic acids is 1. The van der Waals surface area contributed by atoms with Crippen LogP contribution in [0.4, 0.5) is 0 Å². The first kappa shape index (κ1) is 15.6. The average molecular weight is 297 g/mol. The van der Waals surface area contributed by atoms with E-state index in [1.165, 1.54) is 0 Å². The van der Waals surface area contributed by atoms with Crippen LogP contribution in [0.5, 0.6) is 11.5 Å². The molecule has 2 unspecified atom stereocenters. The maximum atomic E-state index is 12.3. The number of hydrogen-bond acceptors (Lipinski definition) is 6. The molecule has 1 aliphatic heterocycles. The summed E-state index contributed by atoms with van der Waals surface area (Å²) in [5.74, 6) is 0.416. The zero-order valence-corrected chi connectivity index (χ0v) is 11.7. The van der Waals surface area contributed by atoms with E-state index < -0.39 is 43.5 Å². The molecule has 1 amide bonds. The Morgan fingerprint density at radius 2 is 1.67 bits per heavy atom. The van der Waals surface area contributed by atoms with E-state index in [0.717, 1.165) is 0 Å². The van der Waals surface area contributed by atoms with E-state index in [-0.39, 0.29) is 0 Å². The number of hydrogen-bond donors (Lipinski definition) is 4. The van der Waals surface area contributed by atoms with E-state index in [2.05, 4.69) is 5.32 Å². The molecule has 0 aliphatic carbocycles. The van der Waals surface area contributed by atoms with E-state index in [9.17, 15) is 20.1 Å². The molecule has 2 rings (SSSR count). The third kappa shape index (κ3) is 3.10. The zero-order valence-electron chi connectivity index (χ0n) is 11.7. The van der Waals surface area contributed by atoms with Gasteiger partial charge in [-0.2, -0.15) is 0 Å².